The normalized spacial score (nSPS) is 27.3. The number of para-hydroxylation sites is 2. The van der Waals surface area contributed by atoms with Crippen LogP contribution in [0.2, 0.25) is 0 Å². The zero-order valence-corrected chi connectivity index (χ0v) is 16.5. The van der Waals surface area contributed by atoms with E-state index in [9.17, 15) is 4.79 Å². The van der Waals surface area contributed by atoms with E-state index in [4.69, 9.17) is 5.73 Å². The van der Waals surface area contributed by atoms with Crippen LogP contribution in [0.25, 0.3) is 11.0 Å². The average Bonchev–Trinajstić information content (AvgIpc) is 2.98. The third kappa shape index (κ3) is 4.16. The number of carbonyl (C=O) groups is 1. The first-order valence-electron chi connectivity index (χ1n) is 9.15. The standard InChI is InChI=1S/C19H26N4O.2ClH/c20-18-13-4-3-5-14(18)11-15(10-13)19(24)21-8-9-23-12-22-16-6-1-2-7-17(16)23;;/h1-2,6-7,12-15,18H,3-5,8-11,20H2,(H,21,24);2*1H. The van der Waals surface area contributed by atoms with Crippen LogP contribution in [0.3, 0.4) is 0 Å². The van der Waals surface area contributed by atoms with Crippen LogP contribution in [-0.2, 0) is 11.3 Å². The molecule has 1 aromatic carbocycles. The predicted octanol–water partition coefficient (Wildman–Crippen LogP) is 3.15. The topological polar surface area (TPSA) is 72.9 Å². The molecule has 2 saturated carbocycles. The molecule has 0 radical (unpaired) electrons. The van der Waals surface area contributed by atoms with Crippen molar-refractivity contribution in [3.8, 4) is 0 Å². The Labute approximate surface area is 166 Å². The largest absolute Gasteiger partial charge is 0.354 e. The molecule has 5 nitrogen and oxygen atoms in total. The number of benzene rings is 1. The Morgan fingerprint density at radius 1 is 1.19 bits per heavy atom. The number of halogens is 2. The highest BCUT2D eigenvalue weighted by Crippen LogP contribution is 2.41. The van der Waals surface area contributed by atoms with Gasteiger partial charge in [-0.25, -0.2) is 4.98 Å². The molecule has 2 atom stereocenters. The molecule has 4 rings (SSSR count). The first-order valence-corrected chi connectivity index (χ1v) is 9.15. The van der Waals surface area contributed by atoms with Crippen LogP contribution < -0.4 is 11.1 Å². The van der Waals surface area contributed by atoms with Crippen molar-refractivity contribution in [3.05, 3.63) is 30.6 Å². The maximum Gasteiger partial charge on any atom is 0.223 e. The van der Waals surface area contributed by atoms with Crippen LogP contribution in [0.15, 0.2) is 30.6 Å². The number of hydrogen-bond acceptors (Lipinski definition) is 3. The molecule has 2 bridgehead atoms. The van der Waals surface area contributed by atoms with Gasteiger partial charge in [-0.2, -0.15) is 0 Å². The molecule has 3 N–H and O–H groups in total. The summed E-state index contributed by atoms with van der Waals surface area (Å²) in [6.07, 6.45) is 7.46. The van der Waals surface area contributed by atoms with E-state index in [-0.39, 0.29) is 36.6 Å². The molecule has 0 aliphatic heterocycles. The van der Waals surface area contributed by atoms with Crippen LogP contribution in [0, 0.1) is 17.8 Å². The first kappa shape index (κ1) is 21.0. The molecule has 1 heterocycles. The second kappa shape index (κ2) is 9.07. The number of nitrogens with zero attached hydrogens (tertiary/aromatic N) is 2. The second-order valence-electron chi connectivity index (χ2n) is 7.41. The molecule has 2 aliphatic rings. The van der Waals surface area contributed by atoms with Crippen LogP contribution in [-0.4, -0.2) is 28.0 Å². The van der Waals surface area contributed by atoms with Crippen molar-refractivity contribution in [2.24, 2.45) is 23.5 Å². The number of fused-ring (bicyclic) bond motifs is 3. The maximum absolute atomic E-state index is 12.6. The molecule has 26 heavy (non-hydrogen) atoms. The molecule has 144 valence electrons. The molecular weight excluding hydrogens is 371 g/mol. The third-order valence-corrected chi connectivity index (χ3v) is 5.96. The van der Waals surface area contributed by atoms with Crippen LogP contribution in [0.4, 0.5) is 0 Å². The quantitative estimate of drug-likeness (QED) is 0.830. The van der Waals surface area contributed by atoms with E-state index in [1.807, 2.05) is 24.5 Å². The number of aromatic nitrogens is 2. The maximum atomic E-state index is 12.6. The molecule has 0 saturated heterocycles. The van der Waals surface area contributed by atoms with Gasteiger partial charge in [-0.1, -0.05) is 18.6 Å². The van der Waals surface area contributed by atoms with Crippen LogP contribution in [0.1, 0.15) is 32.1 Å². The fourth-order valence-electron chi connectivity index (χ4n) is 4.64. The lowest BCUT2D eigenvalue weighted by Crippen LogP contribution is -2.49. The van der Waals surface area contributed by atoms with Gasteiger partial charge in [0.1, 0.15) is 0 Å². The van der Waals surface area contributed by atoms with Crippen LogP contribution >= 0.6 is 24.8 Å². The molecular formula is C19H28Cl2N4O. The Balaban J connectivity index is 0.00000121. The van der Waals surface area contributed by atoms with E-state index in [0.717, 1.165) is 30.4 Å². The van der Waals surface area contributed by atoms with Gasteiger partial charge in [0, 0.05) is 25.0 Å². The van der Waals surface area contributed by atoms with E-state index in [1.54, 1.807) is 0 Å². The molecule has 2 unspecified atom stereocenters. The lowest BCUT2D eigenvalue weighted by Gasteiger charge is -2.43. The highest BCUT2D eigenvalue weighted by atomic mass is 35.5. The average molecular weight is 399 g/mol. The van der Waals surface area contributed by atoms with Gasteiger partial charge >= 0.3 is 0 Å². The second-order valence-corrected chi connectivity index (χ2v) is 7.41. The summed E-state index contributed by atoms with van der Waals surface area (Å²) < 4.78 is 2.10. The molecule has 1 aromatic heterocycles. The summed E-state index contributed by atoms with van der Waals surface area (Å²) in [7, 11) is 0. The Bertz CT molecular complexity index is 721. The number of amides is 1. The molecule has 2 aliphatic carbocycles. The number of nitrogens with two attached hydrogens (primary N) is 1. The molecule has 2 fully saturated rings. The van der Waals surface area contributed by atoms with Crippen molar-refractivity contribution in [3.63, 3.8) is 0 Å². The zero-order valence-electron chi connectivity index (χ0n) is 14.8. The minimum atomic E-state index is 0. The lowest BCUT2D eigenvalue weighted by atomic mass is 9.65. The fourth-order valence-corrected chi connectivity index (χ4v) is 4.64. The fraction of sp³-hybridized carbons (Fsp3) is 0.579. The SMILES string of the molecule is Cl.Cl.NC1C2CCCC1CC(C(=O)NCCn1cnc3ccccc31)C2. The highest BCUT2D eigenvalue weighted by Gasteiger charge is 2.40. The summed E-state index contributed by atoms with van der Waals surface area (Å²) in [5.74, 6) is 1.46. The Kier molecular flexibility index (Phi) is 7.33. The minimum absolute atomic E-state index is 0. The Morgan fingerprint density at radius 2 is 1.88 bits per heavy atom. The van der Waals surface area contributed by atoms with Gasteiger partial charge in [0.15, 0.2) is 0 Å². The monoisotopic (exact) mass is 398 g/mol. The number of hydrogen-bond donors (Lipinski definition) is 2. The van der Waals surface area contributed by atoms with Gasteiger partial charge in [0.2, 0.25) is 5.91 Å². The smallest absolute Gasteiger partial charge is 0.223 e. The number of nitrogens with one attached hydrogen (secondary N) is 1. The Hall–Kier alpha value is -1.30. The highest BCUT2D eigenvalue weighted by molar-refractivity contribution is 5.85. The zero-order chi connectivity index (χ0) is 16.5. The van der Waals surface area contributed by atoms with E-state index in [2.05, 4.69) is 20.9 Å². The number of imidazole rings is 1. The summed E-state index contributed by atoms with van der Waals surface area (Å²) in [5.41, 5.74) is 8.44. The minimum Gasteiger partial charge on any atom is -0.354 e. The summed E-state index contributed by atoms with van der Waals surface area (Å²) in [4.78, 5) is 16.9. The van der Waals surface area contributed by atoms with E-state index >= 15 is 0 Å². The van der Waals surface area contributed by atoms with Crippen molar-refractivity contribution in [2.45, 2.75) is 44.7 Å². The van der Waals surface area contributed by atoms with Crippen LogP contribution in [0.5, 0.6) is 0 Å². The molecule has 7 heteroatoms. The molecule has 0 spiro atoms. The summed E-state index contributed by atoms with van der Waals surface area (Å²) in [5, 5.41) is 3.13. The predicted molar refractivity (Wildman–Crippen MR) is 109 cm³/mol. The summed E-state index contributed by atoms with van der Waals surface area (Å²) in [6.45, 7) is 1.41. The van der Waals surface area contributed by atoms with Crippen molar-refractivity contribution >= 4 is 41.8 Å². The van der Waals surface area contributed by atoms with Gasteiger partial charge in [0.05, 0.1) is 17.4 Å². The summed E-state index contributed by atoms with van der Waals surface area (Å²) >= 11 is 0. The van der Waals surface area contributed by atoms with E-state index in [1.165, 1.54) is 19.3 Å². The van der Waals surface area contributed by atoms with E-state index in [0.29, 0.717) is 24.4 Å². The van der Waals surface area contributed by atoms with Crippen molar-refractivity contribution in [1.82, 2.24) is 14.9 Å². The first-order chi connectivity index (χ1) is 11.7. The van der Waals surface area contributed by atoms with Gasteiger partial charge in [-0.05, 0) is 49.7 Å². The number of rotatable bonds is 4. The lowest BCUT2D eigenvalue weighted by molar-refractivity contribution is -0.127. The van der Waals surface area contributed by atoms with Gasteiger partial charge < -0.3 is 15.6 Å². The third-order valence-electron chi connectivity index (χ3n) is 5.96. The molecule has 2 aromatic rings. The van der Waals surface area contributed by atoms with Gasteiger partial charge in [-0.3, -0.25) is 4.79 Å². The van der Waals surface area contributed by atoms with Gasteiger partial charge in [0.25, 0.3) is 0 Å². The van der Waals surface area contributed by atoms with Crippen molar-refractivity contribution in [1.29, 1.82) is 0 Å². The van der Waals surface area contributed by atoms with Crippen molar-refractivity contribution < 1.29 is 4.79 Å². The Morgan fingerprint density at radius 3 is 2.62 bits per heavy atom. The molecule has 1 amide bonds. The number of carbonyl (C=O) groups excluding carboxylic acids is 1. The van der Waals surface area contributed by atoms with Gasteiger partial charge in [-0.15, -0.1) is 24.8 Å². The van der Waals surface area contributed by atoms with Crippen molar-refractivity contribution in [2.75, 3.05) is 6.54 Å². The summed E-state index contributed by atoms with van der Waals surface area (Å²) in [6, 6.07) is 8.40. The van der Waals surface area contributed by atoms with E-state index < -0.39 is 0 Å².